The summed E-state index contributed by atoms with van der Waals surface area (Å²) in [6, 6.07) is 5.34. The van der Waals surface area contributed by atoms with Crippen molar-refractivity contribution in [1.82, 2.24) is 4.31 Å². The normalized spacial score (nSPS) is 12.0. The van der Waals surface area contributed by atoms with Crippen molar-refractivity contribution in [3.63, 3.8) is 0 Å². The maximum atomic E-state index is 14.0. The van der Waals surface area contributed by atoms with Gasteiger partial charge in [0.2, 0.25) is 10.0 Å². The summed E-state index contributed by atoms with van der Waals surface area (Å²) >= 11 is 1.40. The molecule has 0 spiro atoms. The zero-order chi connectivity index (χ0) is 15.6. The predicted octanol–water partition coefficient (Wildman–Crippen LogP) is 2.82. The molecule has 0 saturated heterocycles. The molecule has 2 N–H and O–H groups in total. The highest BCUT2D eigenvalue weighted by atomic mass is 32.2. The van der Waals surface area contributed by atoms with Crippen molar-refractivity contribution in [2.75, 3.05) is 12.3 Å². The molecule has 1 aromatic carbocycles. The van der Waals surface area contributed by atoms with Crippen LogP contribution in [0.4, 0.5) is 14.5 Å². The maximum Gasteiger partial charge on any atom is 0.246 e. The molecule has 2 rings (SSSR count). The van der Waals surface area contributed by atoms with Crippen LogP contribution in [0.5, 0.6) is 0 Å². The molecule has 114 valence electrons. The van der Waals surface area contributed by atoms with Gasteiger partial charge in [-0.05, 0) is 23.6 Å². The molecule has 0 aliphatic carbocycles. The number of halogens is 2. The molecule has 0 fully saturated rings. The molecular formula is C13H14F2N2O2S2. The van der Waals surface area contributed by atoms with Crippen LogP contribution in [0.1, 0.15) is 11.8 Å². The Kier molecular flexibility index (Phi) is 4.60. The van der Waals surface area contributed by atoms with E-state index in [1.807, 2.05) is 5.38 Å². The van der Waals surface area contributed by atoms with Crippen molar-refractivity contribution in [3.8, 4) is 0 Å². The molecule has 0 atom stereocenters. The lowest BCUT2D eigenvalue weighted by Gasteiger charge is -2.20. The summed E-state index contributed by atoms with van der Waals surface area (Å²) in [5.41, 5.74) is 4.44. The highest BCUT2D eigenvalue weighted by Crippen LogP contribution is 2.26. The van der Waals surface area contributed by atoms with E-state index >= 15 is 0 Å². The standard InChI is InChI=1S/C13H14F2N2O2S2/c1-2-17(8-9-4-3-7-20-9)21(18,19)11-6-5-10(14)13(16)12(11)15/h3-7H,2,8,16H2,1H3. The van der Waals surface area contributed by atoms with Crippen LogP contribution in [0.3, 0.4) is 0 Å². The third-order valence-electron chi connectivity index (χ3n) is 2.97. The van der Waals surface area contributed by atoms with Crippen molar-refractivity contribution < 1.29 is 17.2 Å². The van der Waals surface area contributed by atoms with E-state index in [0.717, 1.165) is 21.3 Å². The van der Waals surface area contributed by atoms with E-state index < -0.39 is 32.2 Å². The van der Waals surface area contributed by atoms with Gasteiger partial charge < -0.3 is 5.73 Å². The summed E-state index contributed by atoms with van der Waals surface area (Å²) in [6.07, 6.45) is 0. The topological polar surface area (TPSA) is 63.4 Å². The summed E-state index contributed by atoms with van der Waals surface area (Å²) in [5, 5.41) is 1.83. The predicted molar refractivity (Wildman–Crippen MR) is 78.4 cm³/mol. The van der Waals surface area contributed by atoms with Crippen LogP contribution in [0.2, 0.25) is 0 Å². The fourth-order valence-electron chi connectivity index (χ4n) is 1.83. The molecule has 0 bridgehead atoms. The van der Waals surface area contributed by atoms with Crippen molar-refractivity contribution in [1.29, 1.82) is 0 Å². The van der Waals surface area contributed by atoms with Gasteiger partial charge in [-0.3, -0.25) is 0 Å². The molecule has 0 saturated carbocycles. The molecule has 0 aliphatic rings. The van der Waals surface area contributed by atoms with Crippen LogP contribution in [0.15, 0.2) is 34.5 Å². The first kappa shape index (κ1) is 15.9. The minimum absolute atomic E-state index is 0.132. The van der Waals surface area contributed by atoms with Crippen LogP contribution >= 0.6 is 11.3 Å². The summed E-state index contributed by atoms with van der Waals surface area (Å²) in [4.78, 5) is 0.218. The fourth-order valence-corrected chi connectivity index (χ4v) is 4.14. The number of hydrogen-bond donors (Lipinski definition) is 1. The number of nitrogens with zero attached hydrogens (tertiary/aromatic N) is 1. The zero-order valence-corrected chi connectivity index (χ0v) is 12.8. The Morgan fingerprint density at radius 3 is 2.57 bits per heavy atom. The Labute approximate surface area is 125 Å². The molecule has 8 heteroatoms. The second-order valence-corrected chi connectivity index (χ2v) is 7.22. The van der Waals surface area contributed by atoms with E-state index in [1.165, 1.54) is 11.3 Å². The van der Waals surface area contributed by atoms with Crippen molar-refractivity contribution >= 4 is 27.0 Å². The highest BCUT2D eigenvalue weighted by molar-refractivity contribution is 7.89. The fraction of sp³-hybridized carbons (Fsp3) is 0.231. The SMILES string of the molecule is CCN(Cc1cccs1)S(=O)(=O)c1ccc(F)c(N)c1F. The smallest absolute Gasteiger partial charge is 0.246 e. The van der Waals surface area contributed by atoms with Crippen LogP contribution in [0.25, 0.3) is 0 Å². The lowest BCUT2D eigenvalue weighted by molar-refractivity contribution is 0.422. The Bertz CT molecular complexity index is 731. The molecule has 1 aromatic heterocycles. The van der Waals surface area contributed by atoms with Gasteiger partial charge in [0.25, 0.3) is 0 Å². The maximum absolute atomic E-state index is 14.0. The van der Waals surface area contributed by atoms with Crippen molar-refractivity contribution in [2.24, 2.45) is 0 Å². The van der Waals surface area contributed by atoms with E-state index in [4.69, 9.17) is 5.73 Å². The third kappa shape index (κ3) is 3.07. The largest absolute Gasteiger partial charge is 0.394 e. The number of sulfonamides is 1. The van der Waals surface area contributed by atoms with Gasteiger partial charge in [-0.1, -0.05) is 13.0 Å². The van der Waals surface area contributed by atoms with Gasteiger partial charge in [0.15, 0.2) is 5.82 Å². The lowest BCUT2D eigenvalue weighted by Crippen LogP contribution is -2.31. The average Bonchev–Trinajstić information content (AvgIpc) is 2.94. The number of anilines is 1. The van der Waals surface area contributed by atoms with E-state index in [1.54, 1.807) is 19.1 Å². The monoisotopic (exact) mass is 332 g/mol. The third-order valence-corrected chi connectivity index (χ3v) is 5.77. The first-order chi connectivity index (χ1) is 9.87. The highest BCUT2D eigenvalue weighted by Gasteiger charge is 2.28. The van der Waals surface area contributed by atoms with Crippen molar-refractivity contribution in [3.05, 3.63) is 46.2 Å². The Morgan fingerprint density at radius 1 is 1.29 bits per heavy atom. The van der Waals surface area contributed by atoms with Gasteiger partial charge in [0.05, 0.1) is 0 Å². The minimum atomic E-state index is -4.08. The van der Waals surface area contributed by atoms with Gasteiger partial charge in [-0.25, -0.2) is 17.2 Å². The number of benzene rings is 1. The van der Waals surface area contributed by atoms with E-state index in [0.29, 0.717) is 0 Å². The molecular weight excluding hydrogens is 318 g/mol. The Hall–Kier alpha value is -1.51. The molecule has 0 amide bonds. The van der Waals surface area contributed by atoms with E-state index in [2.05, 4.69) is 0 Å². The number of nitrogen functional groups attached to an aromatic ring is 1. The molecule has 2 aromatic rings. The summed E-state index contributed by atoms with van der Waals surface area (Å²) in [5.74, 6) is -2.23. The zero-order valence-electron chi connectivity index (χ0n) is 11.2. The first-order valence-electron chi connectivity index (χ1n) is 6.14. The van der Waals surface area contributed by atoms with Crippen LogP contribution in [0, 0.1) is 11.6 Å². The molecule has 0 aliphatic heterocycles. The second-order valence-electron chi connectivity index (χ2n) is 4.28. The van der Waals surface area contributed by atoms with E-state index in [9.17, 15) is 17.2 Å². The second kappa shape index (κ2) is 6.08. The molecule has 0 radical (unpaired) electrons. The van der Waals surface area contributed by atoms with Gasteiger partial charge in [0.1, 0.15) is 16.4 Å². The van der Waals surface area contributed by atoms with Gasteiger partial charge in [-0.2, -0.15) is 4.31 Å². The summed E-state index contributed by atoms with van der Waals surface area (Å²) in [6.45, 7) is 1.94. The summed E-state index contributed by atoms with van der Waals surface area (Å²) < 4.78 is 53.2. The Morgan fingerprint density at radius 2 is 2.00 bits per heavy atom. The number of thiophene rings is 1. The average molecular weight is 332 g/mol. The molecule has 4 nitrogen and oxygen atoms in total. The van der Waals surface area contributed by atoms with Gasteiger partial charge in [-0.15, -0.1) is 11.3 Å². The summed E-state index contributed by atoms with van der Waals surface area (Å²) in [7, 11) is -4.08. The minimum Gasteiger partial charge on any atom is -0.394 e. The molecule has 21 heavy (non-hydrogen) atoms. The van der Waals surface area contributed by atoms with Crippen LogP contribution in [-0.2, 0) is 16.6 Å². The van der Waals surface area contributed by atoms with Crippen LogP contribution in [-0.4, -0.2) is 19.3 Å². The van der Waals surface area contributed by atoms with Gasteiger partial charge >= 0.3 is 0 Å². The molecule has 0 unspecified atom stereocenters. The van der Waals surface area contributed by atoms with Crippen LogP contribution < -0.4 is 5.73 Å². The molecule has 1 heterocycles. The number of hydrogen-bond acceptors (Lipinski definition) is 4. The number of nitrogens with two attached hydrogens (primary N) is 1. The quantitative estimate of drug-likeness (QED) is 0.857. The van der Waals surface area contributed by atoms with Gasteiger partial charge in [0, 0.05) is 18.0 Å². The number of rotatable bonds is 5. The lowest BCUT2D eigenvalue weighted by atomic mass is 10.3. The Balaban J connectivity index is 2.42. The van der Waals surface area contributed by atoms with Crippen molar-refractivity contribution in [2.45, 2.75) is 18.4 Å². The van der Waals surface area contributed by atoms with E-state index in [-0.39, 0.29) is 13.1 Å². The first-order valence-corrected chi connectivity index (χ1v) is 8.46.